The van der Waals surface area contributed by atoms with Crippen molar-refractivity contribution in [2.24, 2.45) is 0 Å². The van der Waals surface area contributed by atoms with Crippen LogP contribution in [-0.4, -0.2) is 55.6 Å². The molecule has 2 heterocycles. The summed E-state index contributed by atoms with van der Waals surface area (Å²) in [6.07, 6.45) is 2.49. The molecule has 0 saturated carbocycles. The molecule has 0 radical (unpaired) electrons. The molecule has 0 amide bonds. The van der Waals surface area contributed by atoms with E-state index in [9.17, 15) is 0 Å². The minimum absolute atomic E-state index is 0.808. The molecule has 4 heteroatoms. The highest BCUT2D eigenvalue weighted by Gasteiger charge is 2.14. The van der Waals surface area contributed by atoms with Gasteiger partial charge >= 0.3 is 0 Å². The van der Waals surface area contributed by atoms with E-state index in [0.717, 1.165) is 30.2 Å². The second-order valence-corrected chi connectivity index (χ2v) is 6.79. The van der Waals surface area contributed by atoms with Crippen molar-refractivity contribution in [3.8, 4) is 11.3 Å². The Morgan fingerprint density at radius 2 is 1.68 bits per heavy atom. The molecule has 0 atom stereocenters. The van der Waals surface area contributed by atoms with Gasteiger partial charge in [-0.15, -0.1) is 0 Å². The smallest absolute Gasteiger partial charge is 0.134 e. The zero-order valence-electron chi connectivity index (χ0n) is 15.4. The fraction of sp³-hybridized carbons (Fsp3) is 0.524. The van der Waals surface area contributed by atoms with Gasteiger partial charge in [-0.3, -0.25) is 0 Å². The van der Waals surface area contributed by atoms with Crippen LogP contribution in [0, 0.1) is 0 Å². The van der Waals surface area contributed by atoms with E-state index in [0.29, 0.717) is 0 Å². The maximum absolute atomic E-state index is 5.92. The molecule has 2 aromatic rings. The Hall–Kier alpha value is -1.62. The summed E-state index contributed by atoms with van der Waals surface area (Å²) in [6, 6.07) is 14.4. The summed E-state index contributed by atoms with van der Waals surface area (Å²) in [6.45, 7) is 11.5. The van der Waals surface area contributed by atoms with Crippen LogP contribution in [0.3, 0.4) is 0 Å². The number of rotatable bonds is 9. The first kappa shape index (κ1) is 18.2. The number of hydrogen-bond donors (Lipinski definition) is 1. The molecule has 136 valence electrons. The highest BCUT2D eigenvalue weighted by molar-refractivity contribution is 5.57. The Balaban J connectivity index is 1.27. The molecule has 1 aliphatic heterocycles. The van der Waals surface area contributed by atoms with Gasteiger partial charge < -0.3 is 19.5 Å². The van der Waals surface area contributed by atoms with Crippen LogP contribution < -0.4 is 5.32 Å². The first-order chi connectivity index (χ1) is 12.3. The van der Waals surface area contributed by atoms with Crippen molar-refractivity contribution in [2.75, 3.05) is 45.8 Å². The van der Waals surface area contributed by atoms with Crippen molar-refractivity contribution in [1.29, 1.82) is 0 Å². The Morgan fingerprint density at radius 1 is 0.920 bits per heavy atom. The zero-order valence-corrected chi connectivity index (χ0v) is 15.4. The van der Waals surface area contributed by atoms with E-state index in [1.54, 1.807) is 0 Å². The zero-order chi connectivity index (χ0) is 17.3. The summed E-state index contributed by atoms with van der Waals surface area (Å²) in [4.78, 5) is 5.13. The van der Waals surface area contributed by atoms with Gasteiger partial charge in [0.25, 0.3) is 0 Å². The van der Waals surface area contributed by atoms with Crippen LogP contribution in [-0.2, 0) is 6.54 Å². The third-order valence-electron chi connectivity index (χ3n) is 5.01. The number of piperazine rings is 1. The van der Waals surface area contributed by atoms with Gasteiger partial charge in [-0.2, -0.15) is 0 Å². The van der Waals surface area contributed by atoms with E-state index < -0.39 is 0 Å². The van der Waals surface area contributed by atoms with Crippen LogP contribution in [0.2, 0.25) is 0 Å². The van der Waals surface area contributed by atoms with E-state index in [2.05, 4.69) is 46.3 Å². The number of nitrogens with one attached hydrogen (secondary N) is 1. The molecule has 0 unspecified atom stereocenters. The minimum atomic E-state index is 0.808. The second-order valence-electron chi connectivity index (χ2n) is 6.79. The molecule has 0 bridgehead atoms. The number of hydrogen-bond acceptors (Lipinski definition) is 4. The van der Waals surface area contributed by atoms with Crippen molar-refractivity contribution in [3.63, 3.8) is 0 Å². The number of furan rings is 1. The van der Waals surface area contributed by atoms with Crippen molar-refractivity contribution >= 4 is 0 Å². The van der Waals surface area contributed by atoms with E-state index in [1.807, 2.05) is 18.2 Å². The molecular weight excluding hydrogens is 310 g/mol. The molecule has 1 aromatic carbocycles. The van der Waals surface area contributed by atoms with Gasteiger partial charge in [0.1, 0.15) is 11.5 Å². The molecule has 1 aliphatic rings. The lowest BCUT2D eigenvalue weighted by Gasteiger charge is -2.33. The van der Waals surface area contributed by atoms with Crippen LogP contribution in [0.5, 0.6) is 0 Å². The third kappa shape index (κ3) is 5.70. The number of unbranched alkanes of at least 4 members (excludes halogenated alkanes) is 1. The lowest BCUT2D eigenvalue weighted by Crippen LogP contribution is -2.46. The fourth-order valence-electron chi connectivity index (χ4n) is 3.36. The Morgan fingerprint density at radius 3 is 2.44 bits per heavy atom. The predicted octanol–water partition coefficient (Wildman–Crippen LogP) is 3.45. The maximum atomic E-state index is 5.92. The van der Waals surface area contributed by atoms with Crippen molar-refractivity contribution in [2.45, 2.75) is 26.3 Å². The van der Waals surface area contributed by atoms with Crippen LogP contribution >= 0.6 is 0 Å². The summed E-state index contributed by atoms with van der Waals surface area (Å²) in [7, 11) is 0. The molecule has 4 nitrogen and oxygen atoms in total. The van der Waals surface area contributed by atoms with Gasteiger partial charge in [-0.05, 0) is 44.6 Å². The second kappa shape index (κ2) is 9.76. The van der Waals surface area contributed by atoms with Crippen LogP contribution in [0.1, 0.15) is 25.5 Å². The van der Waals surface area contributed by atoms with Gasteiger partial charge in [0.05, 0.1) is 6.54 Å². The van der Waals surface area contributed by atoms with Gasteiger partial charge in [0.2, 0.25) is 0 Å². The largest absolute Gasteiger partial charge is 0.460 e. The summed E-state index contributed by atoms with van der Waals surface area (Å²) < 4.78 is 5.92. The summed E-state index contributed by atoms with van der Waals surface area (Å²) in [5.74, 6) is 1.96. The normalized spacial score (nSPS) is 16.4. The van der Waals surface area contributed by atoms with Crippen molar-refractivity contribution in [3.05, 3.63) is 48.2 Å². The molecule has 0 spiro atoms. The van der Waals surface area contributed by atoms with E-state index >= 15 is 0 Å². The molecule has 1 N–H and O–H groups in total. The monoisotopic (exact) mass is 341 g/mol. The lowest BCUT2D eigenvalue weighted by atomic mass is 10.2. The quantitative estimate of drug-likeness (QED) is 0.708. The van der Waals surface area contributed by atoms with Crippen LogP contribution in [0.4, 0.5) is 0 Å². The van der Waals surface area contributed by atoms with E-state index in [4.69, 9.17) is 4.42 Å². The van der Waals surface area contributed by atoms with Crippen molar-refractivity contribution < 1.29 is 4.42 Å². The van der Waals surface area contributed by atoms with Gasteiger partial charge in [0.15, 0.2) is 0 Å². The number of benzene rings is 1. The molecule has 1 fully saturated rings. The topological polar surface area (TPSA) is 31.6 Å². The maximum Gasteiger partial charge on any atom is 0.134 e. The average molecular weight is 341 g/mol. The Bertz CT molecular complexity index is 603. The first-order valence-electron chi connectivity index (χ1n) is 9.64. The first-order valence-corrected chi connectivity index (χ1v) is 9.64. The standard InChI is InChI=1S/C21H31N3O/c1-2-23-14-16-24(17-15-23)13-7-6-12-22-18-20-10-11-21(25-20)19-8-4-3-5-9-19/h3-5,8-11,22H,2,6-7,12-18H2,1H3. The molecule has 3 rings (SSSR count). The average Bonchev–Trinajstić information content (AvgIpc) is 3.15. The molecule has 0 aliphatic carbocycles. The highest BCUT2D eigenvalue weighted by Crippen LogP contribution is 2.21. The fourth-order valence-corrected chi connectivity index (χ4v) is 3.36. The van der Waals surface area contributed by atoms with Gasteiger partial charge in [0, 0.05) is 31.7 Å². The van der Waals surface area contributed by atoms with Gasteiger partial charge in [-0.1, -0.05) is 37.3 Å². The molecule has 25 heavy (non-hydrogen) atoms. The molecular formula is C21H31N3O. The predicted molar refractivity (Wildman–Crippen MR) is 104 cm³/mol. The SMILES string of the molecule is CCN1CCN(CCCCNCc2ccc(-c3ccccc3)o2)CC1. The molecule has 1 saturated heterocycles. The summed E-state index contributed by atoms with van der Waals surface area (Å²) in [5, 5.41) is 3.50. The Kier molecular flexibility index (Phi) is 7.10. The van der Waals surface area contributed by atoms with Crippen molar-refractivity contribution in [1.82, 2.24) is 15.1 Å². The number of nitrogens with zero attached hydrogens (tertiary/aromatic N) is 2. The van der Waals surface area contributed by atoms with E-state index in [1.165, 1.54) is 52.1 Å². The summed E-state index contributed by atoms with van der Waals surface area (Å²) in [5.41, 5.74) is 1.14. The third-order valence-corrected chi connectivity index (χ3v) is 5.01. The summed E-state index contributed by atoms with van der Waals surface area (Å²) >= 11 is 0. The van der Waals surface area contributed by atoms with Crippen LogP contribution in [0.15, 0.2) is 46.9 Å². The van der Waals surface area contributed by atoms with E-state index in [-0.39, 0.29) is 0 Å². The Labute approximate surface area is 151 Å². The van der Waals surface area contributed by atoms with Crippen LogP contribution in [0.25, 0.3) is 11.3 Å². The lowest BCUT2D eigenvalue weighted by molar-refractivity contribution is 0.135. The number of likely N-dealkylation sites (N-methyl/N-ethyl adjacent to an activating group) is 1. The molecule has 1 aromatic heterocycles. The van der Waals surface area contributed by atoms with Gasteiger partial charge in [-0.25, -0.2) is 0 Å². The minimum Gasteiger partial charge on any atom is -0.460 e. The highest BCUT2D eigenvalue weighted by atomic mass is 16.3.